The highest BCUT2D eigenvalue weighted by Gasteiger charge is 1.90. The summed E-state index contributed by atoms with van der Waals surface area (Å²) in [6.45, 7) is 21.0. The monoisotopic (exact) mass is 420 g/mol. The Morgan fingerprint density at radius 1 is 0.600 bits per heavy atom. The summed E-state index contributed by atoms with van der Waals surface area (Å²) in [6.07, 6.45) is 28.4. The molecule has 0 aromatic heterocycles. The highest BCUT2D eigenvalue weighted by Crippen LogP contribution is 2.10. The van der Waals surface area contributed by atoms with Crippen molar-refractivity contribution < 1.29 is 0 Å². The molecule has 0 aromatic rings. The predicted molar refractivity (Wildman–Crippen MR) is 145 cm³/mol. The van der Waals surface area contributed by atoms with Crippen LogP contribution in [0.1, 0.15) is 157 Å². The third-order valence-corrected chi connectivity index (χ3v) is 5.50. The average molecular weight is 421 g/mol. The van der Waals surface area contributed by atoms with Crippen molar-refractivity contribution in [3.63, 3.8) is 0 Å². The van der Waals surface area contributed by atoms with Gasteiger partial charge in [0.1, 0.15) is 0 Å². The van der Waals surface area contributed by atoms with Crippen molar-refractivity contribution in [1.82, 2.24) is 0 Å². The lowest BCUT2D eigenvalue weighted by molar-refractivity contribution is 0.611. The molecule has 0 aliphatic rings. The maximum Gasteiger partial charge on any atom is -0.0323 e. The molecule has 30 heavy (non-hydrogen) atoms. The van der Waals surface area contributed by atoms with Crippen molar-refractivity contribution in [2.45, 2.75) is 157 Å². The second-order valence-electron chi connectivity index (χ2n) is 8.66. The molecular formula is C30H60. The zero-order valence-corrected chi connectivity index (χ0v) is 22.3. The third kappa shape index (κ3) is 37.9. The van der Waals surface area contributed by atoms with Gasteiger partial charge in [-0.3, -0.25) is 0 Å². The molecule has 0 heterocycles. The summed E-state index contributed by atoms with van der Waals surface area (Å²) >= 11 is 0. The molecule has 0 amide bonds. The van der Waals surface area contributed by atoms with Crippen molar-refractivity contribution in [2.24, 2.45) is 0 Å². The van der Waals surface area contributed by atoms with Crippen molar-refractivity contribution in [3.8, 4) is 0 Å². The van der Waals surface area contributed by atoms with Crippen LogP contribution >= 0.6 is 0 Å². The van der Waals surface area contributed by atoms with Crippen LogP contribution < -0.4 is 0 Å². The van der Waals surface area contributed by atoms with Crippen LogP contribution in [0.25, 0.3) is 0 Å². The lowest BCUT2D eigenvalue weighted by atomic mass is 10.1. The molecule has 0 aliphatic heterocycles. The van der Waals surface area contributed by atoms with Crippen LogP contribution in [0.3, 0.4) is 0 Å². The summed E-state index contributed by atoms with van der Waals surface area (Å²) in [6, 6.07) is 0. The van der Waals surface area contributed by atoms with Crippen LogP contribution in [-0.4, -0.2) is 0 Å². The molecule has 180 valence electrons. The predicted octanol–water partition coefficient (Wildman–Crippen LogP) is 11.8. The fraction of sp³-hybridized carbons (Fsp3) is 0.800. The Balaban J connectivity index is -0.000000364. The lowest BCUT2D eigenvalue weighted by Gasteiger charge is -2.00. The van der Waals surface area contributed by atoms with E-state index in [-0.39, 0.29) is 0 Å². The summed E-state index contributed by atoms with van der Waals surface area (Å²) in [4.78, 5) is 0. The molecule has 0 radical (unpaired) electrons. The molecule has 0 saturated carbocycles. The van der Waals surface area contributed by atoms with Gasteiger partial charge in [0.05, 0.1) is 0 Å². The first-order chi connectivity index (χ1) is 14.5. The van der Waals surface area contributed by atoms with Crippen LogP contribution in [0.15, 0.2) is 36.5 Å². The van der Waals surface area contributed by atoms with Gasteiger partial charge in [-0.1, -0.05) is 129 Å². The van der Waals surface area contributed by atoms with Gasteiger partial charge in [0.2, 0.25) is 0 Å². The molecule has 0 aliphatic carbocycles. The standard InChI is InChI=1S/3C10H20/c2*1-4-6-7-8-9-10(3)5-2;1-3-5-7-9-10-8-6-4-2/h9H,4-8H2,1-3H3;3-9H2,1-2H3;3H,1,4-10H2,2H3. The van der Waals surface area contributed by atoms with Gasteiger partial charge in [0.15, 0.2) is 0 Å². The van der Waals surface area contributed by atoms with Gasteiger partial charge in [-0.25, -0.2) is 0 Å². The van der Waals surface area contributed by atoms with Gasteiger partial charge in [0, 0.05) is 0 Å². The minimum atomic E-state index is 1.16. The van der Waals surface area contributed by atoms with Crippen LogP contribution in [0, 0.1) is 0 Å². The smallest absolute Gasteiger partial charge is 0.0323 e. The van der Waals surface area contributed by atoms with Gasteiger partial charge in [0.25, 0.3) is 0 Å². The van der Waals surface area contributed by atoms with Crippen molar-refractivity contribution >= 4 is 0 Å². The molecule has 0 unspecified atom stereocenters. The van der Waals surface area contributed by atoms with Crippen LogP contribution in [0.4, 0.5) is 0 Å². The Hall–Kier alpha value is -0.780. The van der Waals surface area contributed by atoms with Crippen molar-refractivity contribution in [1.29, 1.82) is 0 Å². The first kappa shape index (κ1) is 33.8. The minimum Gasteiger partial charge on any atom is -0.103 e. The van der Waals surface area contributed by atoms with E-state index in [0.29, 0.717) is 0 Å². The average Bonchev–Trinajstić information content (AvgIpc) is 2.77. The molecular weight excluding hydrogens is 360 g/mol. The van der Waals surface area contributed by atoms with Crippen molar-refractivity contribution in [2.75, 3.05) is 0 Å². The Bertz CT molecular complexity index is 347. The van der Waals surface area contributed by atoms with E-state index >= 15 is 0 Å². The first-order valence-electron chi connectivity index (χ1n) is 13.5. The molecule has 0 nitrogen and oxygen atoms in total. The second kappa shape index (κ2) is 32.9. The summed E-state index contributed by atoms with van der Waals surface area (Å²) in [7, 11) is 0. The molecule has 0 atom stereocenters. The topological polar surface area (TPSA) is 0 Å². The van der Waals surface area contributed by atoms with Gasteiger partial charge in [-0.15, -0.1) is 6.58 Å². The molecule has 0 aromatic carbocycles. The molecule has 0 fully saturated rings. The zero-order chi connectivity index (χ0) is 23.3. The van der Waals surface area contributed by atoms with Crippen molar-refractivity contribution in [3.05, 3.63) is 36.5 Å². The van der Waals surface area contributed by atoms with E-state index in [4.69, 9.17) is 0 Å². The van der Waals surface area contributed by atoms with E-state index in [9.17, 15) is 0 Å². The Morgan fingerprint density at radius 2 is 1.07 bits per heavy atom. The van der Waals surface area contributed by atoms with E-state index in [1.54, 1.807) is 0 Å². The van der Waals surface area contributed by atoms with Gasteiger partial charge in [-0.05, 0) is 58.3 Å². The number of rotatable bonds is 18. The summed E-state index contributed by atoms with van der Waals surface area (Å²) in [5.74, 6) is 0. The summed E-state index contributed by atoms with van der Waals surface area (Å²) < 4.78 is 0. The fourth-order valence-corrected chi connectivity index (χ4v) is 2.93. The van der Waals surface area contributed by atoms with Crippen LogP contribution in [-0.2, 0) is 0 Å². The largest absolute Gasteiger partial charge is 0.103 e. The molecule has 0 saturated heterocycles. The zero-order valence-electron chi connectivity index (χ0n) is 22.3. The highest BCUT2D eigenvalue weighted by molar-refractivity contribution is 4.96. The summed E-state index contributed by atoms with van der Waals surface area (Å²) in [5.41, 5.74) is 2.95. The van der Waals surface area contributed by atoms with Gasteiger partial charge < -0.3 is 0 Å². The quantitative estimate of drug-likeness (QED) is 0.153. The number of unbranched alkanes of at least 4 members (excludes halogenated alkanes) is 12. The van der Waals surface area contributed by atoms with E-state index in [1.165, 1.54) is 120 Å². The summed E-state index contributed by atoms with van der Waals surface area (Å²) in [5, 5.41) is 0. The highest BCUT2D eigenvalue weighted by atomic mass is 14.0. The van der Waals surface area contributed by atoms with Crippen LogP contribution in [0.5, 0.6) is 0 Å². The number of hydrogen-bond donors (Lipinski definition) is 0. The number of hydrogen-bond acceptors (Lipinski definition) is 0. The second-order valence-corrected chi connectivity index (χ2v) is 8.66. The van der Waals surface area contributed by atoms with E-state index in [1.807, 2.05) is 6.08 Å². The Labute approximate surface area is 193 Å². The normalized spacial score (nSPS) is 10.5. The Morgan fingerprint density at radius 3 is 1.57 bits per heavy atom. The number of allylic oxidation sites excluding steroid dienone is 4. The first-order valence-corrected chi connectivity index (χ1v) is 13.5. The molecule has 0 rings (SSSR count). The van der Waals surface area contributed by atoms with Gasteiger partial charge >= 0.3 is 0 Å². The van der Waals surface area contributed by atoms with E-state index in [0.717, 1.165) is 6.42 Å². The third-order valence-electron chi connectivity index (χ3n) is 5.50. The molecule has 0 heteroatoms. The SMILES string of the molecule is C=C(CC)CCCCCC.C=CCCCCCCCC.CCCCCC=C(C)CC. The molecule has 0 N–H and O–H groups in total. The maximum atomic E-state index is 3.97. The molecule has 0 bridgehead atoms. The minimum absolute atomic E-state index is 1.16. The maximum absolute atomic E-state index is 3.97. The van der Waals surface area contributed by atoms with E-state index < -0.39 is 0 Å². The van der Waals surface area contributed by atoms with Gasteiger partial charge in [-0.2, -0.15) is 0 Å². The fourth-order valence-electron chi connectivity index (χ4n) is 2.93. The van der Waals surface area contributed by atoms with Crippen LogP contribution in [0.2, 0.25) is 0 Å². The van der Waals surface area contributed by atoms with E-state index in [2.05, 4.69) is 60.8 Å². The lowest BCUT2D eigenvalue weighted by Crippen LogP contribution is -1.80. The molecule has 0 spiro atoms. The Kier molecular flexibility index (Phi) is 37.1.